The van der Waals surface area contributed by atoms with E-state index in [1.807, 2.05) is 30.3 Å². The summed E-state index contributed by atoms with van der Waals surface area (Å²) in [6.45, 7) is 3.44. The van der Waals surface area contributed by atoms with E-state index in [0.717, 1.165) is 21.2 Å². The molecule has 1 aliphatic rings. The number of hydrogen-bond donors (Lipinski definition) is 4. The summed E-state index contributed by atoms with van der Waals surface area (Å²) in [6, 6.07) is 9.48. The number of aliphatic carboxylic acids is 2. The van der Waals surface area contributed by atoms with Gasteiger partial charge in [0.15, 0.2) is 5.65 Å². The maximum Gasteiger partial charge on any atom is 0.332 e. The Kier molecular flexibility index (Phi) is 5.60. The van der Waals surface area contributed by atoms with E-state index >= 15 is 0 Å². The van der Waals surface area contributed by atoms with Crippen LogP contribution in [0.25, 0.3) is 22.6 Å². The van der Waals surface area contributed by atoms with E-state index in [2.05, 4.69) is 36.2 Å². The molecule has 1 aromatic carbocycles. The number of benzene rings is 1. The smallest absolute Gasteiger partial charge is 0.332 e. The standard InChI is InChI=1S/C23H21BrN4O4/c1-12-18(21(29)30)14(7-8-23(12,2)22(31)32)10-25-16-5-3-13(4-6-16)19-27-17-9-15(24)11-26-20(17)28-19/h3-9,11-12,25H,10H2,1-2H3,(H,29,30)(H,31,32)(H,26,27,28). The number of H-pyrrole nitrogens is 1. The second-order valence-corrected chi connectivity index (χ2v) is 8.84. The van der Waals surface area contributed by atoms with Crippen LogP contribution in [0.2, 0.25) is 0 Å². The third kappa shape index (κ3) is 3.91. The Labute approximate surface area is 192 Å². The molecular formula is C23H21BrN4O4. The van der Waals surface area contributed by atoms with E-state index in [-0.39, 0.29) is 12.1 Å². The van der Waals surface area contributed by atoms with Crippen LogP contribution in [-0.4, -0.2) is 43.6 Å². The van der Waals surface area contributed by atoms with Crippen LogP contribution in [0.5, 0.6) is 0 Å². The van der Waals surface area contributed by atoms with Gasteiger partial charge in [0.25, 0.3) is 0 Å². The number of nitrogens with one attached hydrogen (secondary N) is 2. The van der Waals surface area contributed by atoms with Crippen molar-refractivity contribution in [3.05, 3.63) is 64.3 Å². The number of anilines is 1. The van der Waals surface area contributed by atoms with Gasteiger partial charge in [-0.05, 0) is 58.8 Å². The molecule has 8 nitrogen and oxygen atoms in total. The zero-order valence-electron chi connectivity index (χ0n) is 17.4. The highest BCUT2D eigenvalue weighted by Gasteiger charge is 2.43. The van der Waals surface area contributed by atoms with Crippen molar-refractivity contribution in [3.8, 4) is 11.4 Å². The number of pyridine rings is 1. The van der Waals surface area contributed by atoms with Gasteiger partial charge in [0.2, 0.25) is 0 Å². The molecule has 0 saturated carbocycles. The lowest BCUT2D eigenvalue weighted by atomic mass is 9.69. The third-order valence-electron chi connectivity index (χ3n) is 5.95. The highest BCUT2D eigenvalue weighted by atomic mass is 79.9. The Morgan fingerprint density at radius 1 is 1.25 bits per heavy atom. The molecule has 0 aliphatic heterocycles. The Hall–Kier alpha value is -3.46. The average molecular weight is 497 g/mol. The van der Waals surface area contributed by atoms with Gasteiger partial charge in [0, 0.05) is 40.0 Å². The van der Waals surface area contributed by atoms with Crippen LogP contribution < -0.4 is 5.32 Å². The maximum atomic E-state index is 11.9. The van der Waals surface area contributed by atoms with Crippen molar-refractivity contribution >= 4 is 44.7 Å². The van der Waals surface area contributed by atoms with Gasteiger partial charge in [-0.2, -0.15) is 0 Å². The van der Waals surface area contributed by atoms with Gasteiger partial charge >= 0.3 is 11.9 Å². The first-order chi connectivity index (χ1) is 15.2. The van der Waals surface area contributed by atoms with Crippen molar-refractivity contribution in [2.45, 2.75) is 13.8 Å². The number of aromatic nitrogens is 3. The fourth-order valence-corrected chi connectivity index (χ4v) is 4.10. The fourth-order valence-electron chi connectivity index (χ4n) is 3.77. The van der Waals surface area contributed by atoms with Gasteiger partial charge in [-0.1, -0.05) is 19.1 Å². The van der Waals surface area contributed by atoms with Gasteiger partial charge in [-0.25, -0.2) is 14.8 Å². The van der Waals surface area contributed by atoms with Gasteiger partial charge in [0.05, 0.1) is 10.9 Å². The average Bonchev–Trinajstić information content (AvgIpc) is 3.17. The maximum absolute atomic E-state index is 11.9. The molecule has 2 atom stereocenters. The molecule has 0 spiro atoms. The molecular weight excluding hydrogens is 476 g/mol. The number of halogens is 1. The number of aromatic amines is 1. The Morgan fingerprint density at radius 3 is 2.62 bits per heavy atom. The molecule has 2 aromatic heterocycles. The minimum absolute atomic E-state index is 0.113. The van der Waals surface area contributed by atoms with Crippen molar-refractivity contribution < 1.29 is 19.8 Å². The van der Waals surface area contributed by atoms with Crippen LogP contribution in [0.1, 0.15) is 13.8 Å². The lowest BCUT2D eigenvalue weighted by Crippen LogP contribution is -2.38. The summed E-state index contributed by atoms with van der Waals surface area (Å²) >= 11 is 3.39. The van der Waals surface area contributed by atoms with Crippen LogP contribution in [0.4, 0.5) is 5.69 Å². The molecule has 0 bridgehead atoms. The van der Waals surface area contributed by atoms with E-state index < -0.39 is 23.3 Å². The first-order valence-corrected chi connectivity index (χ1v) is 10.7. The predicted octanol–water partition coefficient (Wildman–Crippen LogP) is 4.48. The Bertz CT molecular complexity index is 1280. The number of nitrogens with zero attached hydrogens (tertiary/aromatic N) is 2. The van der Waals surface area contributed by atoms with E-state index in [9.17, 15) is 19.8 Å². The predicted molar refractivity (Wildman–Crippen MR) is 124 cm³/mol. The monoisotopic (exact) mass is 496 g/mol. The molecule has 0 saturated heterocycles. The van der Waals surface area contributed by atoms with Crippen molar-refractivity contribution in [1.82, 2.24) is 15.0 Å². The van der Waals surface area contributed by atoms with Crippen LogP contribution in [0.3, 0.4) is 0 Å². The summed E-state index contributed by atoms with van der Waals surface area (Å²) in [5, 5.41) is 22.5. The molecule has 9 heteroatoms. The zero-order chi connectivity index (χ0) is 23.0. The summed E-state index contributed by atoms with van der Waals surface area (Å²) in [7, 11) is 0. The number of imidazole rings is 1. The van der Waals surface area contributed by atoms with Gasteiger partial charge in [-0.3, -0.25) is 4.79 Å². The van der Waals surface area contributed by atoms with E-state index in [0.29, 0.717) is 17.0 Å². The highest BCUT2D eigenvalue weighted by molar-refractivity contribution is 9.10. The number of hydrogen-bond acceptors (Lipinski definition) is 5. The van der Waals surface area contributed by atoms with Crippen LogP contribution in [0.15, 0.2) is 64.3 Å². The van der Waals surface area contributed by atoms with E-state index in [1.54, 1.807) is 25.3 Å². The molecule has 32 heavy (non-hydrogen) atoms. The number of carboxylic acid groups (broad SMARTS) is 2. The number of carbonyl (C=O) groups is 2. The van der Waals surface area contributed by atoms with Gasteiger partial charge < -0.3 is 20.5 Å². The second kappa shape index (κ2) is 8.23. The topological polar surface area (TPSA) is 128 Å². The third-order valence-corrected chi connectivity index (χ3v) is 6.38. The van der Waals surface area contributed by atoms with Crippen LogP contribution in [0, 0.1) is 11.3 Å². The zero-order valence-corrected chi connectivity index (χ0v) is 19.0. The molecule has 2 heterocycles. The first kappa shape index (κ1) is 21.8. The molecule has 4 rings (SSSR count). The van der Waals surface area contributed by atoms with Crippen LogP contribution >= 0.6 is 15.9 Å². The minimum Gasteiger partial charge on any atom is -0.481 e. The molecule has 164 valence electrons. The highest BCUT2D eigenvalue weighted by Crippen LogP contribution is 2.40. The quantitative estimate of drug-likeness (QED) is 0.396. The number of fused-ring (bicyclic) bond motifs is 1. The molecule has 3 aromatic rings. The lowest BCUT2D eigenvalue weighted by molar-refractivity contribution is -0.147. The minimum atomic E-state index is -1.25. The van der Waals surface area contributed by atoms with Crippen molar-refractivity contribution in [1.29, 1.82) is 0 Å². The molecule has 0 amide bonds. The van der Waals surface area contributed by atoms with Gasteiger partial charge in [0.1, 0.15) is 5.82 Å². The van der Waals surface area contributed by atoms with Crippen molar-refractivity contribution in [2.75, 3.05) is 11.9 Å². The largest absolute Gasteiger partial charge is 0.481 e. The SMILES string of the molecule is CC1C(C(=O)O)=C(CNc2ccc(-c3nc4ncc(Br)cc4[nH]3)cc2)C=CC1(C)C(=O)O. The molecule has 4 N–H and O–H groups in total. The molecule has 0 fully saturated rings. The summed E-state index contributed by atoms with van der Waals surface area (Å²) < 4.78 is 0.865. The molecule has 0 radical (unpaired) electrons. The van der Waals surface area contributed by atoms with E-state index in [4.69, 9.17) is 0 Å². The summed E-state index contributed by atoms with van der Waals surface area (Å²) in [4.78, 5) is 35.5. The van der Waals surface area contributed by atoms with E-state index in [1.165, 1.54) is 6.92 Å². The molecule has 1 aliphatic carbocycles. The fraction of sp³-hybridized carbons (Fsp3) is 0.217. The van der Waals surface area contributed by atoms with Crippen molar-refractivity contribution in [3.63, 3.8) is 0 Å². The Morgan fingerprint density at radius 2 is 1.97 bits per heavy atom. The Balaban J connectivity index is 1.52. The first-order valence-electron chi connectivity index (χ1n) is 9.93. The van der Waals surface area contributed by atoms with Crippen molar-refractivity contribution in [2.24, 2.45) is 11.3 Å². The normalized spacial score (nSPS) is 20.5. The van der Waals surface area contributed by atoms with Gasteiger partial charge in [-0.15, -0.1) is 0 Å². The second-order valence-electron chi connectivity index (χ2n) is 7.93. The summed E-state index contributed by atoms with van der Waals surface area (Å²) in [5.74, 6) is -2.12. The summed E-state index contributed by atoms with van der Waals surface area (Å²) in [5.41, 5.74) is 2.57. The summed E-state index contributed by atoms with van der Waals surface area (Å²) in [6.07, 6.45) is 4.86. The number of rotatable bonds is 6. The van der Waals surface area contributed by atoms with Crippen LogP contribution in [-0.2, 0) is 9.59 Å². The number of carboxylic acids is 2. The lowest BCUT2D eigenvalue weighted by Gasteiger charge is -2.33. The molecule has 2 unspecified atom stereocenters.